The van der Waals surface area contributed by atoms with Crippen molar-refractivity contribution < 1.29 is 55.3 Å². The first kappa shape index (κ1) is 46.9. The van der Waals surface area contributed by atoms with Crippen LogP contribution in [0.5, 0.6) is 0 Å². The van der Waals surface area contributed by atoms with Crippen molar-refractivity contribution in [3.63, 3.8) is 0 Å². The fourth-order valence-electron chi connectivity index (χ4n) is 7.22. The van der Waals surface area contributed by atoms with Crippen molar-refractivity contribution in [2.75, 3.05) is 23.7 Å². The molecule has 8 nitrogen and oxygen atoms in total. The van der Waals surface area contributed by atoms with Crippen LogP contribution < -0.4 is 30.0 Å². The molecule has 0 unspecified atom stereocenters. The zero-order valence-electron chi connectivity index (χ0n) is 34.2. The van der Waals surface area contributed by atoms with E-state index in [1.165, 1.54) is 107 Å². The number of carboxylic acids is 2. The van der Waals surface area contributed by atoms with Gasteiger partial charge in [-0.2, -0.15) is 35.5 Å². The number of nitrogens with one attached hydrogen (secondary N) is 2. The van der Waals surface area contributed by atoms with Crippen LogP contribution in [0.25, 0.3) is 21.8 Å². The Morgan fingerprint density at radius 3 is 1.10 bits per heavy atom. The van der Waals surface area contributed by atoms with Gasteiger partial charge in [-0.15, -0.1) is 0 Å². The molecule has 2 N–H and O–H groups in total. The van der Waals surface area contributed by atoms with Gasteiger partial charge in [0.25, 0.3) is 0 Å². The Labute approximate surface area is 356 Å². The Morgan fingerprint density at radius 2 is 0.758 bits per heavy atom. The van der Waals surface area contributed by atoms with Crippen LogP contribution in [0.4, 0.5) is 37.7 Å². The first-order valence-electron chi connectivity index (χ1n) is 20.7. The van der Waals surface area contributed by atoms with Crippen molar-refractivity contribution >= 4 is 45.1 Å². The maximum Gasteiger partial charge on any atom is 0.430 e. The van der Waals surface area contributed by atoms with Gasteiger partial charge >= 0.3 is 12.4 Å². The van der Waals surface area contributed by atoms with Crippen LogP contribution in [0, 0.1) is 0 Å². The highest BCUT2D eigenvalue weighted by Gasteiger charge is 2.29. The van der Waals surface area contributed by atoms with Gasteiger partial charge in [0.2, 0.25) is 11.0 Å². The van der Waals surface area contributed by atoms with Gasteiger partial charge in [-0.05, 0) is 48.9 Å². The van der Waals surface area contributed by atoms with E-state index < -0.39 is 24.3 Å². The molecule has 6 aromatic rings. The Bertz CT molecular complexity index is 2200. The quantitative estimate of drug-likeness (QED) is 0.118. The number of aliphatic carboxylic acids is 2. The van der Waals surface area contributed by atoms with E-state index in [1.807, 2.05) is 0 Å². The number of carbonyl (C=O) groups excluding carboxylic acids is 2. The van der Waals surface area contributed by atoms with E-state index in [0.29, 0.717) is 0 Å². The van der Waals surface area contributed by atoms with Gasteiger partial charge in [0.05, 0.1) is 22.1 Å². The van der Waals surface area contributed by atoms with Crippen LogP contribution in [0.2, 0.25) is 0 Å². The summed E-state index contributed by atoms with van der Waals surface area (Å²) < 4.78 is 67.9. The fourth-order valence-corrected chi connectivity index (χ4v) is 7.22. The minimum atomic E-state index is -5.19. The number of anilines is 2. The number of alkyl halides is 6. The SMILES string of the molecule is O=C([O-])C(F)(F)F.O=C([O-])C(F)(F)F.c1ccc2c(c1)c1cc[n+]2Cc2ccc(cc2)CCc2ccc(cc2)C[n+]2ccc(c3ccccc32)NCCCCCCCCCCN1. The van der Waals surface area contributed by atoms with Gasteiger partial charge in [0.15, 0.2) is 25.5 Å². The summed E-state index contributed by atoms with van der Waals surface area (Å²) in [4.78, 5) is 17.6. The molecule has 62 heavy (non-hydrogen) atoms. The van der Waals surface area contributed by atoms with E-state index in [2.05, 4.69) is 141 Å². The van der Waals surface area contributed by atoms with E-state index in [-0.39, 0.29) is 0 Å². The number of hydrogen-bond donors (Lipinski definition) is 2. The predicted molar refractivity (Wildman–Crippen MR) is 223 cm³/mol. The number of halogens is 6. The highest BCUT2D eigenvalue weighted by atomic mass is 19.4. The lowest BCUT2D eigenvalue weighted by atomic mass is 10.0. The third-order valence-electron chi connectivity index (χ3n) is 10.5. The summed E-state index contributed by atoms with van der Waals surface area (Å²) in [6.45, 7) is 3.79. The number of para-hydroxylation sites is 2. The zero-order chi connectivity index (χ0) is 44.5. The molecule has 4 aliphatic rings. The number of aryl methyl sites for hydroxylation is 2. The molecule has 0 saturated carbocycles. The molecule has 2 aromatic heterocycles. The summed E-state index contributed by atoms with van der Waals surface area (Å²) in [6, 6.07) is 40.6. The van der Waals surface area contributed by atoms with Crippen LogP contribution in [-0.2, 0) is 35.5 Å². The van der Waals surface area contributed by atoms with Crippen LogP contribution >= 0.6 is 0 Å². The van der Waals surface area contributed by atoms with E-state index >= 15 is 0 Å². The van der Waals surface area contributed by atoms with E-state index in [0.717, 1.165) is 39.0 Å². The second-order valence-electron chi connectivity index (χ2n) is 15.1. The number of fused-ring (bicyclic) bond motifs is 3. The summed E-state index contributed by atoms with van der Waals surface area (Å²) in [7, 11) is 0. The lowest BCUT2D eigenvalue weighted by Gasteiger charge is -2.11. The maximum absolute atomic E-state index is 10.5. The molecule has 14 heteroatoms. The molecule has 10 rings (SSSR count). The third-order valence-corrected chi connectivity index (χ3v) is 10.5. The molecular formula is C48H50F6N4O4. The number of rotatable bonds is 0. The van der Waals surface area contributed by atoms with Crippen molar-refractivity contribution in [1.82, 2.24) is 0 Å². The summed E-state index contributed by atoms with van der Waals surface area (Å²) in [5, 5.41) is 27.7. The lowest BCUT2D eigenvalue weighted by molar-refractivity contribution is -0.662. The maximum atomic E-state index is 10.5. The Balaban J connectivity index is 0.000000448. The Hall–Kier alpha value is -6.18. The number of aromatic nitrogens is 2. The van der Waals surface area contributed by atoms with Crippen molar-refractivity contribution in [2.24, 2.45) is 0 Å². The molecule has 0 saturated heterocycles. The number of benzene rings is 4. The monoisotopic (exact) mass is 860 g/mol. The summed E-state index contributed by atoms with van der Waals surface area (Å²) in [5.41, 5.74) is 10.5. The number of carbonyl (C=O) groups is 2. The van der Waals surface area contributed by atoms with Gasteiger partial charge in [-0.3, -0.25) is 0 Å². The van der Waals surface area contributed by atoms with Crippen molar-refractivity contribution in [2.45, 2.75) is 89.7 Å². The fraction of sp³-hybridized carbons (Fsp3) is 0.333. The molecule has 0 spiro atoms. The molecule has 328 valence electrons. The van der Waals surface area contributed by atoms with Crippen molar-refractivity contribution in [3.8, 4) is 0 Å². The Morgan fingerprint density at radius 1 is 0.452 bits per heavy atom. The highest BCUT2D eigenvalue weighted by Crippen LogP contribution is 2.23. The van der Waals surface area contributed by atoms with Gasteiger partial charge in [-0.25, -0.2) is 0 Å². The Kier molecular flexibility index (Phi) is 17.1. The number of pyridine rings is 2. The van der Waals surface area contributed by atoms with Gasteiger partial charge < -0.3 is 30.4 Å². The summed E-state index contributed by atoms with van der Waals surface area (Å²) >= 11 is 0. The molecule has 8 bridgehead atoms. The molecule has 6 heterocycles. The minimum absolute atomic E-state index is 0.870. The van der Waals surface area contributed by atoms with Crippen molar-refractivity contribution in [1.29, 1.82) is 0 Å². The van der Waals surface area contributed by atoms with Crippen LogP contribution in [0.1, 0.15) is 73.6 Å². The van der Waals surface area contributed by atoms with Crippen molar-refractivity contribution in [3.05, 3.63) is 144 Å². The van der Waals surface area contributed by atoms with E-state index in [9.17, 15) is 26.3 Å². The summed E-state index contributed by atoms with van der Waals surface area (Å²) in [6.07, 6.45) is 6.56. The predicted octanol–water partition coefficient (Wildman–Crippen LogP) is 8.01. The largest absolute Gasteiger partial charge is 0.542 e. The molecule has 4 aromatic carbocycles. The minimum Gasteiger partial charge on any atom is -0.542 e. The number of nitrogens with zero attached hydrogens (tertiary/aromatic N) is 2. The van der Waals surface area contributed by atoms with Crippen LogP contribution in [0.3, 0.4) is 0 Å². The smallest absolute Gasteiger partial charge is 0.430 e. The summed E-state index contributed by atoms with van der Waals surface area (Å²) in [5.74, 6) is -6.01. The molecule has 0 amide bonds. The molecule has 0 aliphatic carbocycles. The molecular weight excluding hydrogens is 811 g/mol. The standard InChI is InChI=1S/C44H48N4.2C2HF3O2/c1-2-4-6-12-30-46-42-28-32-48(44-16-10-8-14-40(42)44)34-38-25-21-36(22-26-38)18-17-35-19-23-37(24-20-35)33-47-31-27-41(45-29-11-5-3-1)39-13-7-9-15-43(39)47;2*3-2(4,5)1(6)7/h7-10,13-16,19-28,31-32H,1-6,11-12,17-18,29-30,33-34H2;2*(H,6,7). The third kappa shape index (κ3) is 14.5. The first-order chi connectivity index (χ1) is 29.7. The topological polar surface area (TPSA) is 112 Å². The average molecular weight is 861 g/mol. The van der Waals surface area contributed by atoms with Gasteiger partial charge in [0.1, 0.15) is 11.9 Å². The van der Waals surface area contributed by atoms with Gasteiger partial charge in [-0.1, -0.05) is 111 Å². The molecule has 4 aliphatic heterocycles. The van der Waals surface area contributed by atoms with Crippen LogP contribution in [-0.4, -0.2) is 37.4 Å². The van der Waals surface area contributed by atoms with E-state index in [1.54, 1.807) is 0 Å². The molecule has 0 fully saturated rings. The van der Waals surface area contributed by atoms with E-state index in [4.69, 9.17) is 19.8 Å². The second kappa shape index (κ2) is 22.6. The van der Waals surface area contributed by atoms with Crippen LogP contribution in [0.15, 0.2) is 122 Å². The lowest BCUT2D eigenvalue weighted by Crippen LogP contribution is -2.37. The first-order valence-corrected chi connectivity index (χ1v) is 20.7. The molecule has 0 radical (unpaired) electrons. The number of hydrogen-bond acceptors (Lipinski definition) is 6. The second-order valence-corrected chi connectivity index (χ2v) is 15.1. The highest BCUT2D eigenvalue weighted by molar-refractivity contribution is 5.89. The molecule has 0 atom stereocenters. The normalized spacial score (nSPS) is 14.5. The van der Waals surface area contributed by atoms with Gasteiger partial charge in [0, 0.05) is 48.5 Å². The number of carboxylic acid groups (broad SMARTS) is 2. The average Bonchev–Trinajstić information content (AvgIpc) is 3.25. The zero-order valence-corrected chi connectivity index (χ0v) is 34.2.